The van der Waals surface area contributed by atoms with Gasteiger partial charge in [-0.05, 0) is 25.1 Å². The van der Waals surface area contributed by atoms with Gasteiger partial charge in [0.15, 0.2) is 0 Å². The molecule has 2 aromatic rings. The van der Waals surface area contributed by atoms with Gasteiger partial charge in [0.1, 0.15) is 11.6 Å². The van der Waals surface area contributed by atoms with Crippen molar-refractivity contribution < 1.29 is 0 Å². The maximum absolute atomic E-state index is 8.95. The molecule has 1 heterocycles. The van der Waals surface area contributed by atoms with Crippen LogP contribution in [-0.4, -0.2) is 23.6 Å². The molecule has 1 aromatic heterocycles. The molecule has 0 spiro atoms. The maximum atomic E-state index is 8.95. The van der Waals surface area contributed by atoms with Crippen molar-refractivity contribution >= 4 is 23.3 Å². The summed E-state index contributed by atoms with van der Waals surface area (Å²) < 4.78 is 0. The fraction of sp³-hybridized carbons (Fsp3) is 0.214. The first-order chi connectivity index (χ1) is 9.63. The van der Waals surface area contributed by atoms with E-state index in [0.717, 1.165) is 12.2 Å². The van der Waals surface area contributed by atoms with Crippen molar-refractivity contribution in [2.45, 2.75) is 6.92 Å². The molecule has 3 N–H and O–H groups in total. The summed E-state index contributed by atoms with van der Waals surface area (Å²) in [5.74, 6) is 1.56. The average molecular weight is 268 g/mol. The molecule has 0 amide bonds. The van der Waals surface area contributed by atoms with E-state index in [-0.39, 0.29) is 5.95 Å². The number of nitriles is 1. The molecule has 20 heavy (non-hydrogen) atoms. The molecule has 6 heteroatoms. The van der Waals surface area contributed by atoms with Gasteiger partial charge >= 0.3 is 0 Å². The summed E-state index contributed by atoms with van der Waals surface area (Å²) in [6, 6.07) is 11.2. The van der Waals surface area contributed by atoms with Gasteiger partial charge in [0.25, 0.3) is 0 Å². The van der Waals surface area contributed by atoms with Crippen LogP contribution < -0.4 is 16.0 Å². The molecule has 0 aliphatic rings. The lowest BCUT2D eigenvalue weighted by atomic mass is 10.2. The number of nitrogens with two attached hydrogens (primary N) is 1. The number of nitrogens with zero attached hydrogens (tertiary/aromatic N) is 4. The van der Waals surface area contributed by atoms with Gasteiger partial charge in [-0.15, -0.1) is 0 Å². The lowest BCUT2D eigenvalue weighted by Crippen LogP contribution is -2.14. The van der Waals surface area contributed by atoms with Crippen molar-refractivity contribution in [1.82, 2.24) is 9.97 Å². The van der Waals surface area contributed by atoms with Gasteiger partial charge in [0, 0.05) is 25.3 Å². The highest BCUT2D eigenvalue weighted by molar-refractivity contribution is 5.64. The van der Waals surface area contributed by atoms with Crippen molar-refractivity contribution in [2.24, 2.45) is 0 Å². The zero-order valence-electron chi connectivity index (χ0n) is 11.5. The van der Waals surface area contributed by atoms with E-state index < -0.39 is 0 Å². The molecule has 102 valence electrons. The Balaban J connectivity index is 2.37. The second-order valence-corrected chi connectivity index (χ2v) is 4.22. The Morgan fingerprint density at radius 3 is 2.85 bits per heavy atom. The molecule has 0 aliphatic heterocycles. The number of aromatic nitrogens is 2. The highest BCUT2D eigenvalue weighted by Crippen LogP contribution is 2.24. The number of benzene rings is 1. The van der Waals surface area contributed by atoms with Crippen molar-refractivity contribution in [3.05, 3.63) is 35.9 Å². The number of hydrogen-bond acceptors (Lipinski definition) is 6. The van der Waals surface area contributed by atoms with Crippen LogP contribution in [0, 0.1) is 11.3 Å². The topological polar surface area (TPSA) is 90.9 Å². The van der Waals surface area contributed by atoms with Crippen LogP contribution in [0.15, 0.2) is 30.3 Å². The monoisotopic (exact) mass is 268 g/mol. The van der Waals surface area contributed by atoms with Gasteiger partial charge in [0.2, 0.25) is 5.95 Å². The predicted octanol–water partition coefficient (Wildman–Crippen LogP) is 2.13. The molecule has 0 aliphatic carbocycles. The van der Waals surface area contributed by atoms with Gasteiger partial charge in [-0.3, -0.25) is 0 Å². The van der Waals surface area contributed by atoms with Crippen molar-refractivity contribution in [1.29, 1.82) is 5.26 Å². The zero-order chi connectivity index (χ0) is 14.5. The zero-order valence-corrected chi connectivity index (χ0v) is 11.5. The summed E-state index contributed by atoms with van der Waals surface area (Å²) in [5, 5.41) is 12.1. The van der Waals surface area contributed by atoms with Crippen LogP contribution in [0.4, 0.5) is 23.3 Å². The second-order valence-electron chi connectivity index (χ2n) is 4.22. The Morgan fingerprint density at radius 2 is 2.15 bits per heavy atom. The second kappa shape index (κ2) is 5.89. The molecule has 0 saturated heterocycles. The van der Waals surface area contributed by atoms with Crippen LogP contribution in [0.25, 0.3) is 0 Å². The fourth-order valence-corrected chi connectivity index (χ4v) is 1.81. The summed E-state index contributed by atoms with van der Waals surface area (Å²) in [5.41, 5.74) is 7.19. The summed E-state index contributed by atoms with van der Waals surface area (Å²) in [6.45, 7) is 2.74. The molecule has 6 nitrogen and oxygen atoms in total. The minimum Gasteiger partial charge on any atom is -0.370 e. The van der Waals surface area contributed by atoms with Crippen LogP contribution in [0.5, 0.6) is 0 Å². The van der Waals surface area contributed by atoms with E-state index in [9.17, 15) is 0 Å². The molecular formula is C14H16N6. The SMILES string of the molecule is CCNc1cc(N(C)c2cccc(C#N)c2)nc(N)n1. The van der Waals surface area contributed by atoms with E-state index in [4.69, 9.17) is 11.0 Å². The fourth-order valence-electron chi connectivity index (χ4n) is 1.81. The molecule has 1 aromatic carbocycles. The number of hydrogen-bond donors (Lipinski definition) is 2. The predicted molar refractivity (Wildman–Crippen MR) is 79.8 cm³/mol. The summed E-state index contributed by atoms with van der Waals surface area (Å²) in [7, 11) is 1.87. The Kier molecular flexibility index (Phi) is 4.01. The summed E-state index contributed by atoms with van der Waals surface area (Å²) in [4.78, 5) is 10.2. The van der Waals surface area contributed by atoms with Crippen LogP contribution >= 0.6 is 0 Å². The Labute approximate surface area is 117 Å². The van der Waals surface area contributed by atoms with Gasteiger partial charge in [-0.25, -0.2) is 0 Å². The minimum atomic E-state index is 0.210. The highest BCUT2D eigenvalue weighted by atomic mass is 15.2. The van der Waals surface area contributed by atoms with Crippen molar-refractivity contribution in [3.8, 4) is 6.07 Å². The normalized spacial score (nSPS) is 9.85. The number of nitrogen functional groups attached to an aromatic ring is 1. The van der Waals surface area contributed by atoms with Gasteiger partial charge in [0.05, 0.1) is 11.6 Å². The Morgan fingerprint density at radius 1 is 1.35 bits per heavy atom. The Hall–Kier alpha value is -2.81. The minimum absolute atomic E-state index is 0.210. The van der Waals surface area contributed by atoms with Crippen molar-refractivity contribution in [3.63, 3.8) is 0 Å². The molecule has 0 saturated carbocycles. The third kappa shape index (κ3) is 2.95. The molecular weight excluding hydrogens is 252 g/mol. The molecule has 2 rings (SSSR count). The number of nitrogens with one attached hydrogen (secondary N) is 1. The smallest absolute Gasteiger partial charge is 0.223 e. The first kappa shape index (κ1) is 13.6. The van der Waals surface area contributed by atoms with Crippen LogP contribution in [0.2, 0.25) is 0 Å². The van der Waals surface area contributed by atoms with E-state index in [1.165, 1.54) is 0 Å². The maximum Gasteiger partial charge on any atom is 0.223 e. The highest BCUT2D eigenvalue weighted by Gasteiger charge is 2.09. The Bertz CT molecular complexity index is 646. The van der Waals surface area contributed by atoms with Gasteiger partial charge in [-0.1, -0.05) is 6.07 Å². The first-order valence-electron chi connectivity index (χ1n) is 6.26. The molecule has 0 atom stereocenters. The van der Waals surface area contributed by atoms with Crippen LogP contribution in [0.1, 0.15) is 12.5 Å². The molecule has 0 fully saturated rings. The standard InChI is InChI=1S/C14H16N6/c1-3-17-12-8-13(19-14(16)18-12)20(2)11-6-4-5-10(7-11)9-15/h4-8H,3H2,1-2H3,(H3,16,17,18,19). The lowest BCUT2D eigenvalue weighted by molar-refractivity contribution is 1.07. The summed E-state index contributed by atoms with van der Waals surface area (Å²) >= 11 is 0. The van der Waals surface area contributed by atoms with Crippen molar-refractivity contribution in [2.75, 3.05) is 29.5 Å². The molecule has 0 radical (unpaired) electrons. The largest absolute Gasteiger partial charge is 0.370 e. The number of rotatable bonds is 4. The van der Waals surface area contributed by atoms with Gasteiger partial charge in [-0.2, -0.15) is 15.2 Å². The average Bonchev–Trinajstić information content (AvgIpc) is 2.46. The first-order valence-corrected chi connectivity index (χ1v) is 6.26. The lowest BCUT2D eigenvalue weighted by Gasteiger charge is -2.19. The molecule has 0 bridgehead atoms. The van der Waals surface area contributed by atoms with E-state index in [0.29, 0.717) is 17.2 Å². The molecule has 0 unspecified atom stereocenters. The third-order valence-electron chi connectivity index (χ3n) is 2.79. The quantitative estimate of drug-likeness (QED) is 0.882. The van der Waals surface area contributed by atoms with Crippen LogP contribution in [0.3, 0.4) is 0 Å². The van der Waals surface area contributed by atoms with E-state index in [2.05, 4.69) is 21.4 Å². The van der Waals surface area contributed by atoms with Crippen LogP contribution in [-0.2, 0) is 0 Å². The van der Waals surface area contributed by atoms with Gasteiger partial charge < -0.3 is 16.0 Å². The third-order valence-corrected chi connectivity index (χ3v) is 2.79. The van der Waals surface area contributed by atoms with E-state index in [1.54, 1.807) is 12.1 Å². The van der Waals surface area contributed by atoms with E-state index in [1.807, 2.05) is 37.1 Å². The van der Waals surface area contributed by atoms with E-state index >= 15 is 0 Å². The summed E-state index contributed by atoms with van der Waals surface area (Å²) in [6.07, 6.45) is 0. The number of anilines is 4.